The summed E-state index contributed by atoms with van der Waals surface area (Å²) in [6.45, 7) is 4.65. The van der Waals surface area contributed by atoms with Crippen LogP contribution in [-0.2, 0) is 16.1 Å². The number of benzene rings is 1. The molecule has 0 saturated heterocycles. The number of aromatic amines is 1. The molecule has 0 saturated carbocycles. The lowest BCUT2D eigenvalue weighted by atomic mass is 10.2. The predicted molar refractivity (Wildman–Crippen MR) is 134 cm³/mol. The van der Waals surface area contributed by atoms with E-state index in [0.717, 1.165) is 17.7 Å². The first kappa shape index (κ1) is 25.3. The highest BCUT2D eigenvalue weighted by molar-refractivity contribution is 7.99. The van der Waals surface area contributed by atoms with Gasteiger partial charge in [0.2, 0.25) is 5.91 Å². The summed E-state index contributed by atoms with van der Waals surface area (Å²) in [5.74, 6) is -0.365. The van der Waals surface area contributed by atoms with Crippen molar-refractivity contribution in [2.45, 2.75) is 38.4 Å². The van der Waals surface area contributed by atoms with Crippen LogP contribution in [0, 0.1) is 6.92 Å². The second-order valence-corrected chi connectivity index (χ2v) is 8.69. The van der Waals surface area contributed by atoms with Crippen molar-refractivity contribution in [3.05, 3.63) is 63.1 Å². The number of carbonyl (C=O) groups excluding carboxylic acids is 1. The van der Waals surface area contributed by atoms with Crippen LogP contribution in [0.1, 0.15) is 25.3 Å². The summed E-state index contributed by atoms with van der Waals surface area (Å²) in [7, 11) is 1.51. The van der Waals surface area contributed by atoms with Crippen molar-refractivity contribution in [3.8, 4) is 5.69 Å². The highest BCUT2D eigenvalue weighted by atomic mass is 32.2. The third kappa shape index (κ3) is 5.78. The summed E-state index contributed by atoms with van der Waals surface area (Å²) >= 11 is 1.25. The van der Waals surface area contributed by atoms with E-state index in [4.69, 9.17) is 10.5 Å². The molecule has 0 aliphatic carbocycles. The maximum absolute atomic E-state index is 13.3. The summed E-state index contributed by atoms with van der Waals surface area (Å²) < 4.78 is 8.34. The van der Waals surface area contributed by atoms with E-state index < -0.39 is 11.2 Å². The fraction of sp³-hybridized carbons (Fsp3) is 0.391. The Morgan fingerprint density at radius 2 is 2.12 bits per heavy atom. The standard InChI is InChI=1S/C23H30N6O4S/c1-4-5-10-29-20(24)19(21(31)26-22(29)32)28(12-13-33-3)18(30)15-34-23-25-9-11-27(23)17-8-6-7-16(2)14-17/h6-9,11,14H,4-5,10,12-13,15,24H2,1-3H3,(H,26,31,32). The molecule has 2 heterocycles. The Labute approximate surface area is 201 Å². The Morgan fingerprint density at radius 3 is 2.82 bits per heavy atom. The molecular weight excluding hydrogens is 456 g/mol. The highest BCUT2D eigenvalue weighted by Crippen LogP contribution is 2.23. The number of anilines is 2. The molecule has 2 aromatic heterocycles. The maximum atomic E-state index is 13.3. The first-order valence-corrected chi connectivity index (χ1v) is 12.0. The average Bonchev–Trinajstić information content (AvgIpc) is 3.28. The minimum absolute atomic E-state index is 0.0134. The molecule has 0 unspecified atom stereocenters. The molecule has 0 fully saturated rings. The lowest BCUT2D eigenvalue weighted by molar-refractivity contribution is -0.116. The van der Waals surface area contributed by atoms with E-state index in [-0.39, 0.29) is 36.3 Å². The van der Waals surface area contributed by atoms with Crippen LogP contribution in [-0.4, -0.2) is 51.0 Å². The Kier molecular flexibility index (Phi) is 8.72. The van der Waals surface area contributed by atoms with Gasteiger partial charge >= 0.3 is 5.69 Å². The fourth-order valence-corrected chi connectivity index (χ4v) is 4.34. The largest absolute Gasteiger partial charge is 0.383 e. The quantitative estimate of drug-likeness (QED) is 0.398. The number of hydrogen-bond acceptors (Lipinski definition) is 7. The molecule has 1 aromatic carbocycles. The zero-order valence-electron chi connectivity index (χ0n) is 19.6. The summed E-state index contributed by atoms with van der Waals surface area (Å²) in [6, 6.07) is 7.95. The number of aromatic nitrogens is 4. The minimum atomic E-state index is -0.703. The molecule has 182 valence electrons. The van der Waals surface area contributed by atoms with Crippen LogP contribution in [0.3, 0.4) is 0 Å². The first-order chi connectivity index (χ1) is 16.4. The normalized spacial score (nSPS) is 11.0. The van der Waals surface area contributed by atoms with Crippen LogP contribution < -0.4 is 21.9 Å². The average molecular weight is 487 g/mol. The van der Waals surface area contributed by atoms with Crippen LogP contribution in [0.15, 0.2) is 51.4 Å². The van der Waals surface area contributed by atoms with Gasteiger partial charge < -0.3 is 15.4 Å². The van der Waals surface area contributed by atoms with Crippen molar-refractivity contribution in [2.24, 2.45) is 0 Å². The summed E-state index contributed by atoms with van der Waals surface area (Å²) in [6.07, 6.45) is 5.05. The van der Waals surface area contributed by atoms with Crippen LogP contribution in [0.25, 0.3) is 5.69 Å². The molecule has 34 heavy (non-hydrogen) atoms. The Morgan fingerprint density at radius 1 is 1.32 bits per heavy atom. The number of H-pyrrole nitrogens is 1. The SMILES string of the molecule is CCCCn1c(N)c(N(CCOC)C(=O)CSc2nccn2-c2cccc(C)c2)c(=O)[nH]c1=O. The number of nitrogen functional groups attached to an aromatic ring is 1. The van der Waals surface area contributed by atoms with Gasteiger partial charge in [0.05, 0.1) is 12.4 Å². The second-order valence-electron chi connectivity index (χ2n) is 7.74. The van der Waals surface area contributed by atoms with Crippen molar-refractivity contribution in [2.75, 3.05) is 36.6 Å². The summed E-state index contributed by atoms with van der Waals surface area (Å²) in [4.78, 5) is 46.2. The number of thioether (sulfide) groups is 1. The van der Waals surface area contributed by atoms with Crippen LogP contribution >= 0.6 is 11.8 Å². The van der Waals surface area contributed by atoms with Gasteiger partial charge in [-0.2, -0.15) is 0 Å². The number of aryl methyl sites for hydroxylation is 1. The van der Waals surface area contributed by atoms with Crippen LogP contribution in [0.5, 0.6) is 0 Å². The number of methoxy groups -OCH3 is 1. The number of imidazole rings is 1. The van der Waals surface area contributed by atoms with Gasteiger partial charge in [-0.1, -0.05) is 37.2 Å². The number of nitrogens with zero attached hydrogens (tertiary/aromatic N) is 4. The second kappa shape index (κ2) is 11.7. The number of amides is 1. The number of ether oxygens (including phenoxy) is 1. The van der Waals surface area contributed by atoms with E-state index in [1.54, 1.807) is 6.20 Å². The van der Waals surface area contributed by atoms with Crippen molar-refractivity contribution < 1.29 is 9.53 Å². The molecule has 0 aliphatic heterocycles. The summed E-state index contributed by atoms with van der Waals surface area (Å²) in [5.41, 5.74) is 6.94. The van der Waals surface area contributed by atoms with Gasteiger partial charge in [-0.3, -0.25) is 23.7 Å². The smallest absolute Gasteiger partial charge is 0.330 e. The molecule has 11 heteroatoms. The van der Waals surface area contributed by atoms with Crippen molar-refractivity contribution in [1.82, 2.24) is 19.1 Å². The van der Waals surface area contributed by atoms with E-state index in [1.807, 2.05) is 48.9 Å². The minimum Gasteiger partial charge on any atom is -0.383 e. The molecule has 3 N–H and O–H groups in total. The predicted octanol–water partition coefficient (Wildman–Crippen LogP) is 2.18. The van der Waals surface area contributed by atoms with Gasteiger partial charge in [-0.25, -0.2) is 9.78 Å². The molecule has 0 spiro atoms. The molecule has 0 atom stereocenters. The first-order valence-electron chi connectivity index (χ1n) is 11.0. The lowest BCUT2D eigenvalue weighted by Crippen LogP contribution is -2.43. The molecule has 0 aliphatic rings. The maximum Gasteiger partial charge on any atom is 0.330 e. The van der Waals surface area contributed by atoms with E-state index in [9.17, 15) is 14.4 Å². The number of carbonyl (C=O) groups is 1. The number of rotatable bonds is 11. The van der Waals surface area contributed by atoms with Gasteiger partial charge in [0, 0.05) is 38.3 Å². The van der Waals surface area contributed by atoms with E-state index in [2.05, 4.69) is 9.97 Å². The number of nitrogens with two attached hydrogens (primary N) is 1. The number of hydrogen-bond donors (Lipinski definition) is 2. The fourth-order valence-electron chi connectivity index (χ4n) is 3.50. The zero-order valence-corrected chi connectivity index (χ0v) is 20.4. The van der Waals surface area contributed by atoms with E-state index in [1.165, 1.54) is 28.3 Å². The van der Waals surface area contributed by atoms with Gasteiger partial charge in [-0.05, 0) is 31.0 Å². The zero-order chi connectivity index (χ0) is 24.7. The summed E-state index contributed by atoms with van der Waals surface area (Å²) in [5, 5.41) is 0.639. The van der Waals surface area contributed by atoms with Crippen LogP contribution in [0.2, 0.25) is 0 Å². The lowest BCUT2D eigenvalue weighted by Gasteiger charge is -2.24. The molecular formula is C23H30N6O4S. The molecule has 3 rings (SSSR count). The molecule has 0 bridgehead atoms. The van der Waals surface area contributed by atoms with Gasteiger partial charge in [0.25, 0.3) is 5.56 Å². The molecule has 0 radical (unpaired) electrons. The third-order valence-corrected chi connectivity index (χ3v) is 6.20. The van der Waals surface area contributed by atoms with Crippen molar-refractivity contribution in [1.29, 1.82) is 0 Å². The van der Waals surface area contributed by atoms with Crippen molar-refractivity contribution in [3.63, 3.8) is 0 Å². The highest BCUT2D eigenvalue weighted by Gasteiger charge is 2.24. The molecule has 1 amide bonds. The Bertz CT molecular complexity index is 1250. The number of nitrogens with one attached hydrogen (secondary N) is 1. The Hall–Kier alpha value is -3.31. The number of unbranched alkanes of at least 4 members (excludes halogenated alkanes) is 1. The molecule has 3 aromatic rings. The monoisotopic (exact) mass is 486 g/mol. The Balaban J connectivity index is 1.88. The van der Waals surface area contributed by atoms with Crippen molar-refractivity contribution >= 4 is 29.2 Å². The van der Waals surface area contributed by atoms with Crippen LogP contribution in [0.4, 0.5) is 11.5 Å². The van der Waals surface area contributed by atoms with Gasteiger partial charge in [0.1, 0.15) is 5.82 Å². The van der Waals surface area contributed by atoms with E-state index >= 15 is 0 Å². The van der Waals surface area contributed by atoms with E-state index in [0.29, 0.717) is 18.1 Å². The molecule has 10 nitrogen and oxygen atoms in total. The van der Waals surface area contributed by atoms with Gasteiger partial charge in [0.15, 0.2) is 10.8 Å². The topological polar surface area (TPSA) is 128 Å². The van der Waals surface area contributed by atoms with Gasteiger partial charge in [-0.15, -0.1) is 0 Å². The third-order valence-electron chi connectivity index (χ3n) is 5.25.